The Morgan fingerprint density at radius 3 is 2.94 bits per heavy atom. The molecular formula is C23H21BrN4O4. The van der Waals surface area contributed by atoms with Crippen LogP contribution in [0.1, 0.15) is 47.9 Å². The van der Waals surface area contributed by atoms with E-state index < -0.39 is 11.6 Å². The van der Waals surface area contributed by atoms with Crippen molar-refractivity contribution in [2.75, 3.05) is 6.61 Å². The summed E-state index contributed by atoms with van der Waals surface area (Å²) in [5, 5.41) is 0. The van der Waals surface area contributed by atoms with Crippen molar-refractivity contribution in [3.05, 3.63) is 68.6 Å². The summed E-state index contributed by atoms with van der Waals surface area (Å²) in [7, 11) is 0. The molecule has 9 heteroatoms. The van der Waals surface area contributed by atoms with Crippen LogP contribution in [0.5, 0.6) is 5.75 Å². The normalized spacial score (nSPS) is 19.4. The summed E-state index contributed by atoms with van der Waals surface area (Å²) >= 11 is 3.47. The Bertz CT molecular complexity index is 1260. The van der Waals surface area contributed by atoms with Crippen LogP contribution >= 0.6 is 15.9 Å². The van der Waals surface area contributed by atoms with Gasteiger partial charge in [0, 0.05) is 29.7 Å². The summed E-state index contributed by atoms with van der Waals surface area (Å²) in [4.78, 5) is 39.2. The van der Waals surface area contributed by atoms with Gasteiger partial charge in [0.15, 0.2) is 11.4 Å². The molecule has 1 unspecified atom stereocenters. The highest BCUT2D eigenvalue weighted by molar-refractivity contribution is 9.10. The predicted molar refractivity (Wildman–Crippen MR) is 119 cm³/mol. The zero-order valence-electron chi connectivity index (χ0n) is 17.5. The van der Waals surface area contributed by atoms with E-state index >= 15 is 0 Å². The van der Waals surface area contributed by atoms with Crippen molar-refractivity contribution < 1.29 is 14.3 Å². The van der Waals surface area contributed by atoms with Crippen LogP contribution in [0.3, 0.4) is 0 Å². The SMILES string of the molecule is CC1(OC(=O)c2cc(Br)cc3c2OCC3)CCCCn2c1nc(-c1ccncn1)cc2=O. The molecule has 5 rings (SSSR count). The van der Waals surface area contributed by atoms with E-state index in [1.54, 1.807) is 22.9 Å². The molecule has 0 fully saturated rings. The molecule has 3 aromatic rings. The molecule has 1 atom stereocenters. The lowest BCUT2D eigenvalue weighted by atomic mass is 9.98. The van der Waals surface area contributed by atoms with Gasteiger partial charge in [0.2, 0.25) is 0 Å². The Hall–Kier alpha value is -3.07. The van der Waals surface area contributed by atoms with Crippen molar-refractivity contribution in [2.24, 2.45) is 0 Å². The van der Waals surface area contributed by atoms with Crippen LogP contribution in [0.2, 0.25) is 0 Å². The lowest BCUT2D eigenvalue weighted by molar-refractivity contribution is -0.0218. The summed E-state index contributed by atoms with van der Waals surface area (Å²) in [6.45, 7) is 2.87. The van der Waals surface area contributed by atoms with Crippen LogP contribution in [0.25, 0.3) is 11.4 Å². The van der Waals surface area contributed by atoms with Crippen molar-refractivity contribution >= 4 is 21.9 Å². The lowest BCUT2D eigenvalue weighted by Crippen LogP contribution is -2.36. The number of nitrogens with zero attached hydrogens (tertiary/aromatic N) is 4. The minimum Gasteiger partial charge on any atom is -0.492 e. The fourth-order valence-electron chi connectivity index (χ4n) is 4.32. The van der Waals surface area contributed by atoms with Gasteiger partial charge in [-0.2, -0.15) is 0 Å². The second-order valence-electron chi connectivity index (χ2n) is 8.17. The van der Waals surface area contributed by atoms with Gasteiger partial charge in [-0.25, -0.2) is 19.7 Å². The third-order valence-corrected chi connectivity index (χ3v) is 6.36. The highest BCUT2D eigenvalue weighted by atomic mass is 79.9. The Morgan fingerprint density at radius 2 is 2.12 bits per heavy atom. The standard InChI is InChI=1S/C23H21BrN4O4/c1-23(32-21(30)16-11-15(24)10-14-5-9-31-20(14)16)6-2-3-8-28-19(29)12-18(27-22(23)28)17-4-7-25-13-26-17/h4,7,10-13H,2-3,5-6,8-9H2,1H3. The average Bonchev–Trinajstić information content (AvgIpc) is 3.18. The van der Waals surface area contributed by atoms with Crippen LogP contribution in [-0.2, 0) is 23.3 Å². The fraction of sp³-hybridized carbons (Fsp3) is 0.348. The van der Waals surface area contributed by atoms with E-state index in [0.29, 0.717) is 48.1 Å². The number of hydrogen-bond donors (Lipinski definition) is 0. The molecule has 1 aromatic carbocycles. The van der Waals surface area contributed by atoms with Crippen LogP contribution in [0.15, 0.2) is 46.1 Å². The molecule has 164 valence electrons. The number of halogens is 1. The van der Waals surface area contributed by atoms with Crippen LogP contribution < -0.4 is 10.3 Å². The van der Waals surface area contributed by atoms with Gasteiger partial charge in [0.25, 0.3) is 5.56 Å². The topological polar surface area (TPSA) is 96.2 Å². The molecule has 0 aliphatic carbocycles. The molecule has 2 aromatic heterocycles. The second-order valence-corrected chi connectivity index (χ2v) is 9.08. The number of carbonyl (C=O) groups excluding carboxylic acids is 1. The molecule has 0 amide bonds. The molecule has 0 spiro atoms. The van der Waals surface area contributed by atoms with Crippen molar-refractivity contribution in [2.45, 2.75) is 44.8 Å². The third-order valence-electron chi connectivity index (χ3n) is 5.90. The maximum atomic E-state index is 13.3. The minimum atomic E-state index is -1.08. The maximum Gasteiger partial charge on any atom is 0.342 e. The smallest absolute Gasteiger partial charge is 0.342 e. The molecular weight excluding hydrogens is 476 g/mol. The second kappa shape index (κ2) is 8.12. The van der Waals surface area contributed by atoms with Crippen LogP contribution in [0, 0.1) is 0 Å². The molecule has 0 radical (unpaired) electrons. The van der Waals surface area contributed by atoms with Crippen molar-refractivity contribution in [1.82, 2.24) is 19.5 Å². The molecule has 0 bridgehead atoms. The third kappa shape index (κ3) is 3.70. The van der Waals surface area contributed by atoms with Gasteiger partial charge in [-0.3, -0.25) is 9.36 Å². The van der Waals surface area contributed by atoms with Gasteiger partial charge in [-0.15, -0.1) is 0 Å². The summed E-state index contributed by atoms with van der Waals surface area (Å²) in [6, 6.07) is 6.83. The Morgan fingerprint density at radius 1 is 1.25 bits per heavy atom. The average molecular weight is 497 g/mol. The first-order chi connectivity index (χ1) is 15.4. The summed E-state index contributed by atoms with van der Waals surface area (Å²) < 4.78 is 14.2. The number of benzene rings is 1. The molecule has 2 aliphatic heterocycles. The van der Waals surface area contributed by atoms with Gasteiger partial charge < -0.3 is 9.47 Å². The van der Waals surface area contributed by atoms with E-state index in [0.717, 1.165) is 29.3 Å². The van der Waals surface area contributed by atoms with Gasteiger partial charge in [-0.1, -0.05) is 15.9 Å². The minimum absolute atomic E-state index is 0.195. The first-order valence-corrected chi connectivity index (χ1v) is 11.3. The molecule has 4 heterocycles. The van der Waals surface area contributed by atoms with Crippen molar-refractivity contribution in [1.29, 1.82) is 0 Å². The van der Waals surface area contributed by atoms with E-state index in [4.69, 9.17) is 14.5 Å². The number of fused-ring (bicyclic) bond motifs is 2. The quantitative estimate of drug-likeness (QED) is 0.510. The maximum absolute atomic E-state index is 13.3. The van der Waals surface area contributed by atoms with Gasteiger partial charge in [0.1, 0.15) is 17.6 Å². The molecule has 2 aliphatic rings. The molecule has 0 N–H and O–H groups in total. The largest absolute Gasteiger partial charge is 0.492 e. The number of aromatic nitrogens is 4. The number of rotatable bonds is 3. The van der Waals surface area contributed by atoms with Gasteiger partial charge in [0.05, 0.1) is 18.0 Å². The zero-order valence-corrected chi connectivity index (χ0v) is 19.1. The van der Waals surface area contributed by atoms with E-state index in [1.807, 2.05) is 13.0 Å². The molecule has 8 nitrogen and oxygen atoms in total. The van der Waals surface area contributed by atoms with E-state index in [-0.39, 0.29) is 5.56 Å². The summed E-state index contributed by atoms with van der Waals surface area (Å²) in [6.07, 6.45) is 5.89. The number of hydrogen-bond acceptors (Lipinski definition) is 7. The molecule has 0 saturated heterocycles. The molecule has 0 saturated carbocycles. The van der Waals surface area contributed by atoms with E-state index in [9.17, 15) is 9.59 Å². The first-order valence-electron chi connectivity index (χ1n) is 10.5. The van der Waals surface area contributed by atoms with Crippen LogP contribution in [-0.4, -0.2) is 32.1 Å². The fourth-order valence-corrected chi connectivity index (χ4v) is 4.83. The highest BCUT2D eigenvalue weighted by Gasteiger charge is 2.39. The number of ether oxygens (including phenoxy) is 2. The monoisotopic (exact) mass is 496 g/mol. The predicted octanol–water partition coefficient (Wildman–Crippen LogP) is 3.65. The van der Waals surface area contributed by atoms with Crippen molar-refractivity contribution in [3.8, 4) is 17.1 Å². The number of esters is 1. The summed E-state index contributed by atoms with van der Waals surface area (Å²) in [5.74, 6) is 0.495. The Labute approximate surface area is 192 Å². The zero-order chi connectivity index (χ0) is 22.3. The first kappa shape index (κ1) is 20.8. The van der Waals surface area contributed by atoms with Gasteiger partial charge >= 0.3 is 5.97 Å². The summed E-state index contributed by atoms with van der Waals surface area (Å²) in [5.41, 5.74) is 1.04. The Balaban J connectivity index is 1.58. The van der Waals surface area contributed by atoms with Crippen molar-refractivity contribution in [3.63, 3.8) is 0 Å². The van der Waals surface area contributed by atoms with Gasteiger partial charge in [-0.05, 0) is 49.9 Å². The Kier molecular flexibility index (Phi) is 5.28. The van der Waals surface area contributed by atoms with Crippen LogP contribution in [0.4, 0.5) is 0 Å². The molecule has 32 heavy (non-hydrogen) atoms. The lowest BCUT2D eigenvalue weighted by Gasteiger charge is -2.29. The highest BCUT2D eigenvalue weighted by Crippen LogP contribution is 2.38. The van der Waals surface area contributed by atoms with E-state index in [2.05, 4.69) is 25.9 Å². The number of carbonyl (C=O) groups is 1. The van der Waals surface area contributed by atoms with E-state index in [1.165, 1.54) is 12.4 Å².